The van der Waals surface area contributed by atoms with Gasteiger partial charge in [0.1, 0.15) is 5.65 Å². The fraction of sp³-hybridized carbons (Fsp3) is 0.312. The van der Waals surface area contributed by atoms with E-state index in [9.17, 15) is 9.59 Å². The molecule has 0 bridgehead atoms. The number of aromatic amines is 1. The van der Waals surface area contributed by atoms with Gasteiger partial charge in [-0.1, -0.05) is 0 Å². The Bertz CT molecular complexity index is 896. The SMILES string of the molecule is O=C(CCc1cn[nH]n1)NC1CN(C(=O)c2cccn3ccnc23)C1. The van der Waals surface area contributed by atoms with Gasteiger partial charge in [0.25, 0.3) is 5.91 Å². The van der Waals surface area contributed by atoms with Crippen molar-refractivity contribution in [3.63, 3.8) is 0 Å². The molecule has 4 heterocycles. The van der Waals surface area contributed by atoms with Crippen LogP contribution in [0.15, 0.2) is 36.9 Å². The minimum Gasteiger partial charge on any atom is -0.350 e. The first-order valence-electron chi connectivity index (χ1n) is 8.05. The highest BCUT2D eigenvalue weighted by Crippen LogP contribution is 2.17. The summed E-state index contributed by atoms with van der Waals surface area (Å²) in [4.78, 5) is 30.5. The third kappa shape index (κ3) is 3.08. The Morgan fingerprint density at radius 1 is 1.32 bits per heavy atom. The molecule has 4 rings (SSSR count). The van der Waals surface area contributed by atoms with E-state index >= 15 is 0 Å². The number of hydrogen-bond donors (Lipinski definition) is 2. The standard InChI is InChI=1S/C16H17N7O2/c24-14(4-3-11-8-18-21-20-11)19-12-9-23(10-12)16(25)13-2-1-6-22-7-5-17-15(13)22/h1-2,5-8,12H,3-4,9-10H2,(H,19,24)(H,18,20,21). The van der Waals surface area contributed by atoms with E-state index in [0.717, 1.165) is 5.69 Å². The van der Waals surface area contributed by atoms with Crippen LogP contribution in [0.25, 0.3) is 5.65 Å². The van der Waals surface area contributed by atoms with Gasteiger partial charge in [-0.3, -0.25) is 9.59 Å². The maximum absolute atomic E-state index is 12.6. The van der Waals surface area contributed by atoms with Crippen LogP contribution in [-0.2, 0) is 11.2 Å². The van der Waals surface area contributed by atoms with Crippen LogP contribution < -0.4 is 5.32 Å². The Morgan fingerprint density at radius 3 is 3.00 bits per heavy atom. The number of carbonyl (C=O) groups is 2. The Morgan fingerprint density at radius 2 is 2.20 bits per heavy atom. The molecule has 1 fully saturated rings. The highest BCUT2D eigenvalue weighted by molar-refractivity contribution is 6.00. The fourth-order valence-corrected chi connectivity index (χ4v) is 2.91. The molecule has 25 heavy (non-hydrogen) atoms. The first-order valence-corrected chi connectivity index (χ1v) is 8.05. The molecule has 0 aliphatic carbocycles. The zero-order chi connectivity index (χ0) is 17.2. The van der Waals surface area contributed by atoms with Gasteiger partial charge in [-0.2, -0.15) is 15.4 Å². The van der Waals surface area contributed by atoms with E-state index in [1.807, 2.05) is 16.7 Å². The van der Waals surface area contributed by atoms with Crippen LogP contribution in [0.4, 0.5) is 0 Å². The summed E-state index contributed by atoms with van der Waals surface area (Å²) in [6.45, 7) is 1.02. The Labute approximate surface area is 143 Å². The van der Waals surface area contributed by atoms with Gasteiger partial charge in [0, 0.05) is 44.5 Å². The lowest BCUT2D eigenvalue weighted by Crippen LogP contribution is -2.61. The maximum atomic E-state index is 12.6. The molecule has 0 saturated carbocycles. The molecule has 9 heteroatoms. The Balaban J connectivity index is 1.29. The molecule has 0 radical (unpaired) electrons. The van der Waals surface area contributed by atoms with E-state index in [1.54, 1.807) is 29.6 Å². The van der Waals surface area contributed by atoms with E-state index in [2.05, 4.69) is 25.7 Å². The summed E-state index contributed by atoms with van der Waals surface area (Å²) in [5, 5.41) is 13.1. The van der Waals surface area contributed by atoms with Crippen LogP contribution in [0.5, 0.6) is 0 Å². The molecular formula is C16H17N7O2. The maximum Gasteiger partial charge on any atom is 0.257 e. The molecule has 0 spiro atoms. The molecule has 9 nitrogen and oxygen atoms in total. The van der Waals surface area contributed by atoms with Crippen molar-refractivity contribution in [1.29, 1.82) is 0 Å². The van der Waals surface area contributed by atoms with Crippen LogP contribution >= 0.6 is 0 Å². The van der Waals surface area contributed by atoms with Crippen molar-refractivity contribution < 1.29 is 9.59 Å². The topological polar surface area (TPSA) is 108 Å². The molecule has 3 aromatic heterocycles. The van der Waals surface area contributed by atoms with Crippen molar-refractivity contribution in [3.05, 3.63) is 48.2 Å². The number of imidazole rings is 1. The minimum atomic E-state index is -0.0649. The van der Waals surface area contributed by atoms with Gasteiger partial charge in [-0.25, -0.2) is 4.98 Å². The summed E-state index contributed by atoms with van der Waals surface area (Å²) in [6, 6.07) is 3.59. The summed E-state index contributed by atoms with van der Waals surface area (Å²) in [6.07, 6.45) is 7.82. The molecule has 1 aliphatic heterocycles. The highest BCUT2D eigenvalue weighted by atomic mass is 16.2. The number of nitrogens with one attached hydrogen (secondary N) is 2. The second-order valence-electron chi connectivity index (χ2n) is 6.02. The molecule has 1 aliphatic rings. The largest absolute Gasteiger partial charge is 0.350 e. The Hall–Kier alpha value is -3.23. The van der Waals surface area contributed by atoms with Crippen LogP contribution in [0.2, 0.25) is 0 Å². The van der Waals surface area contributed by atoms with Gasteiger partial charge in [0.2, 0.25) is 5.91 Å². The molecule has 2 N–H and O–H groups in total. The summed E-state index contributed by atoms with van der Waals surface area (Å²) in [5.74, 6) is -0.111. The zero-order valence-electron chi connectivity index (χ0n) is 13.4. The van der Waals surface area contributed by atoms with Crippen LogP contribution in [0.1, 0.15) is 22.5 Å². The van der Waals surface area contributed by atoms with Gasteiger partial charge in [0.05, 0.1) is 23.5 Å². The van der Waals surface area contributed by atoms with Gasteiger partial charge < -0.3 is 14.6 Å². The number of amides is 2. The van der Waals surface area contributed by atoms with E-state index in [-0.39, 0.29) is 17.9 Å². The predicted octanol–water partition coefficient (Wildman–Crippen LogP) is 0.0258. The van der Waals surface area contributed by atoms with E-state index in [4.69, 9.17) is 0 Å². The van der Waals surface area contributed by atoms with Gasteiger partial charge in [0.15, 0.2) is 0 Å². The zero-order valence-corrected chi connectivity index (χ0v) is 13.4. The lowest BCUT2D eigenvalue weighted by molar-refractivity contribution is -0.122. The fourth-order valence-electron chi connectivity index (χ4n) is 2.91. The van der Waals surface area contributed by atoms with Crippen molar-refractivity contribution in [2.24, 2.45) is 0 Å². The second-order valence-corrected chi connectivity index (χ2v) is 6.02. The molecule has 0 aromatic carbocycles. The van der Waals surface area contributed by atoms with Crippen LogP contribution in [-0.4, -0.2) is 60.6 Å². The Kier molecular flexibility index (Phi) is 3.88. The molecule has 1 saturated heterocycles. The molecule has 0 unspecified atom stereocenters. The quantitative estimate of drug-likeness (QED) is 0.681. The third-order valence-corrected chi connectivity index (χ3v) is 4.26. The first kappa shape index (κ1) is 15.3. The van der Waals surface area contributed by atoms with E-state index < -0.39 is 0 Å². The van der Waals surface area contributed by atoms with Crippen molar-refractivity contribution >= 4 is 17.5 Å². The lowest BCUT2D eigenvalue weighted by atomic mass is 10.1. The number of hydrogen-bond acceptors (Lipinski definition) is 5. The van der Waals surface area contributed by atoms with Crippen LogP contribution in [0.3, 0.4) is 0 Å². The van der Waals surface area contributed by atoms with Gasteiger partial charge >= 0.3 is 0 Å². The number of rotatable bonds is 5. The predicted molar refractivity (Wildman–Crippen MR) is 87.7 cm³/mol. The molecule has 128 valence electrons. The van der Waals surface area contributed by atoms with Gasteiger partial charge in [-0.05, 0) is 12.1 Å². The second kappa shape index (κ2) is 6.34. The summed E-state index contributed by atoms with van der Waals surface area (Å²) >= 11 is 0. The molecular weight excluding hydrogens is 322 g/mol. The van der Waals surface area contributed by atoms with Crippen molar-refractivity contribution in [3.8, 4) is 0 Å². The number of aromatic nitrogens is 5. The number of carbonyl (C=O) groups excluding carboxylic acids is 2. The molecule has 0 atom stereocenters. The summed E-state index contributed by atoms with van der Waals surface area (Å²) in [7, 11) is 0. The molecule has 2 amide bonds. The van der Waals surface area contributed by atoms with E-state index in [1.165, 1.54) is 0 Å². The average Bonchev–Trinajstić information content (AvgIpc) is 3.25. The van der Waals surface area contributed by atoms with Crippen molar-refractivity contribution in [2.45, 2.75) is 18.9 Å². The smallest absolute Gasteiger partial charge is 0.257 e. The minimum absolute atomic E-state index is 0.00626. The number of pyridine rings is 1. The number of likely N-dealkylation sites (tertiary alicyclic amines) is 1. The van der Waals surface area contributed by atoms with Crippen molar-refractivity contribution in [1.82, 2.24) is 35.0 Å². The number of nitrogens with zero attached hydrogens (tertiary/aromatic N) is 5. The average molecular weight is 339 g/mol. The summed E-state index contributed by atoms with van der Waals surface area (Å²) in [5.41, 5.74) is 1.98. The number of fused-ring (bicyclic) bond motifs is 1. The van der Waals surface area contributed by atoms with Gasteiger partial charge in [-0.15, -0.1) is 0 Å². The summed E-state index contributed by atoms with van der Waals surface area (Å²) < 4.78 is 1.82. The monoisotopic (exact) mass is 339 g/mol. The first-order chi connectivity index (χ1) is 12.2. The van der Waals surface area contributed by atoms with E-state index in [0.29, 0.717) is 37.1 Å². The lowest BCUT2D eigenvalue weighted by Gasteiger charge is -2.39. The number of H-pyrrole nitrogens is 1. The van der Waals surface area contributed by atoms with Crippen molar-refractivity contribution in [2.75, 3.05) is 13.1 Å². The molecule has 3 aromatic rings. The number of aryl methyl sites for hydroxylation is 1. The highest BCUT2D eigenvalue weighted by Gasteiger charge is 2.33. The third-order valence-electron chi connectivity index (χ3n) is 4.26. The van der Waals surface area contributed by atoms with Crippen LogP contribution in [0, 0.1) is 0 Å². The normalized spacial score (nSPS) is 14.5.